The zero-order valence-electron chi connectivity index (χ0n) is 22.7. The summed E-state index contributed by atoms with van der Waals surface area (Å²) in [5.41, 5.74) is 9.54. The molecule has 2 amide bonds. The van der Waals surface area contributed by atoms with Gasteiger partial charge in [0, 0.05) is 23.6 Å². The molecule has 0 saturated carbocycles. The summed E-state index contributed by atoms with van der Waals surface area (Å²) in [6, 6.07) is 30.1. The van der Waals surface area contributed by atoms with Crippen molar-refractivity contribution in [3.05, 3.63) is 141 Å². The molecule has 0 aromatic heterocycles. The number of halogens is 1. The topological polar surface area (TPSA) is 32.3 Å². The first-order valence-corrected chi connectivity index (χ1v) is 14.0. The first kappa shape index (κ1) is 25.4. The smallest absolute Gasteiger partial charge is 0.318 e. The SMILES string of the molecule is Cc1cc2c(cc1C)C(c1ccccc1)C(NC(=O)N(Cc1ccccc1F)C1Cc3ccccc3C1)CC2. The number of urea groups is 1. The van der Waals surface area contributed by atoms with E-state index >= 15 is 0 Å². The van der Waals surface area contributed by atoms with Crippen LogP contribution in [0.25, 0.3) is 0 Å². The first-order valence-electron chi connectivity index (χ1n) is 14.0. The summed E-state index contributed by atoms with van der Waals surface area (Å²) in [7, 11) is 0. The van der Waals surface area contributed by atoms with Gasteiger partial charge in [0.15, 0.2) is 0 Å². The fraction of sp³-hybridized carbons (Fsp3) is 0.286. The molecule has 198 valence electrons. The molecule has 2 atom stereocenters. The normalized spacial score (nSPS) is 18.3. The zero-order chi connectivity index (χ0) is 26.9. The minimum atomic E-state index is -0.273. The molecule has 3 nitrogen and oxygen atoms in total. The maximum atomic E-state index is 14.8. The molecule has 2 aliphatic carbocycles. The van der Waals surface area contributed by atoms with E-state index in [0.717, 1.165) is 25.7 Å². The molecule has 0 bridgehead atoms. The fourth-order valence-corrected chi connectivity index (χ4v) is 6.50. The highest BCUT2D eigenvalue weighted by molar-refractivity contribution is 5.76. The van der Waals surface area contributed by atoms with E-state index in [2.05, 4.69) is 79.8 Å². The largest absolute Gasteiger partial charge is 0.334 e. The Morgan fingerprint density at radius 2 is 1.49 bits per heavy atom. The summed E-state index contributed by atoms with van der Waals surface area (Å²) >= 11 is 0. The van der Waals surface area contributed by atoms with Gasteiger partial charge in [-0.15, -0.1) is 0 Å². The third-order valence-corrected chi connectivity index (χ3v) is 8.71. The first-order chi connectivity index (χ1) is 19.0. The number of rotatable bonds is 5. The molecule has 2 unspecified atom stereocenters. The van der Waals surface area contributed by atoms with Gasteiger partial charge in [-0.2, -0.15) is 0 Å². The number of nitrogens with zero attached hydrogens (tertiary/aromatic N) is 1. The summed E-state index contributed by atoms with van der Waals surface area (Å²) in [5, 5.41) is 3.45. The number of carbonyl (C=O) groups is 1. The number of hydrogen-bond acceptors (Lipinski definition) is 1. The summed E-state index contributed by atoms with van der Waals surface area (Å²) in [5.74, 6) is -0.209. The maximum Gasteiger partial charge on any atom is 0.318 e. The quantitative estimate of drug-likeness (QED) is 0.296. The average molecular weight is 519 g/mol. The Kier molecular flexibility index (Phi) is 6.95. The van der Waals surface area contributed by atoms with E-state index in [4.69, 9.17) is 0 Å². The Hall–Kier alpha value is -3.92. The van der Waals surface area contributed by atoms with Crippen LogP contribution in [0.4, 0.5) is 9.18 Å². The predicted molar refractivity (Wildman–Crippen MR) is 154 cm³/mol. The molecule has 4 aromatic carbocycles. The van der Waals surface area contributed by atoms with Gasteiger partial charge in [0.2, 0.25) is 0 Å². The van der Waals surface area contributed by atoms with Crippen molar-refractivity contribution in [2.75, 3.05) is 0 Å². The summed E-state index contributed by atoms with van der Waals surface area (Å²) in [6.45, 7) is 4.57. The molecular formula is C35H35FN2O. The number of amides is 2. The van der Waals surface area contributed by atoms with Crippen molar-refractivity contribution >= 4 is 6.03 Å². The molecule has 39 heavy (non-hydrogen) atoms. The van der Waals surface area contributed by atoms with Crippen molar-refractivity contribution in [3.63, 3.8) is 0 Å². The second kappa shape index (κ2) is 10.7. The Bertz CT molecular complexity index is 1470. The molecule has 2 aliphatic rings. The highest BCUT2D eigenvalue weighted by Gasteiger charge is 2.36. The second-order valence-electron chi connectivity index (χ2n) is 11.2. The Morgan fingerprint density at radius 1 is 0.846 bits per heavy atom. The molecule has 1 N–H and O–H groups in total. The van der Waals surface area contributed by atoms with E-state index < -0.39 is 0 Å². The maximum absolute atomic E-state index is 14.8. The van der Waals surface area contributed by atoms with Crippen LogP contribution in [0.1, 0.15) is 56.8 Å². The van der Waals surface area contributed by atoms with Gasteiger partial charge < -0.3 is 10.2 Å². The Balaban J connectivity index is 1.33. The molecule has 4 heteroatoms. The van der Waals surface area contributed by atoms with Crippen LogP contribution < -0.4 is 5.32 Å². The van der Waals surface area contributed by atoms with Gasteiger partial charge >= 0.3 is 6.03 Å². The van der Waals surface area contributed by atoms with Crippen LogP contribution in [0.15, 0.2) is 91.0 Å². The third kappa shape index (κ3) is 5.08. The Labute approximate surface area is 230 Å². The lowest BCUT2D eigenvalue weighted by molar-refractivity contribution is 0.165. The highest BCUT2D eigenvalue weighted by atomic mass is 19.1. The molecule has 0 radical (unpaired) electrons. The molecule has 0 spiro atoms. The predicted octanol–water partition coefficient (Wildman–Crippen LogP) is 7.27. The van der Waals surface area contributed by atoms with E-state index in [-0.39, 0.29) is 36.4 Å². The van der Waals surface area contributed by atoms with Gasteiger partial charge in [-0.1, -0.05) is 84.9 Å². The summed E-state index contributed by atoms with van der Waals surface area (Å²) in [6.07, 6.45) is 3.35. The molecule has 0 fully saturated rings. The molecule has 6 rings (SSSR count). The number of hydrogen-bond donors (Lipinski definition) is 1. The highest BCUT2D eigenvalue weighted by Crippen LogP contribution is 2.38. The van der Waals surface area contributed by atoms with Crippen LogP contribution in [0.3, 0.4) is 0 Å². The lowest BCUT2D eigenvalue weighted by Gasteiger charge is -2.38. The third-order valence-electron chi connectivity index (χ3n) is 8.71. The van der Waals surface area contributed by atoms with Crippen molar-refractivity contribution < 1.29 is 9.18 Å². The lowest BCUT2D eigenvalue weighted by atomic mass is 9.74. The van der Waals surface area contributed by atoms with Crippen molar-refractivity contribution in [1.29, 1.82) is 0 Å². The van der Waals surface area contributed by atoms with Crippen LogP contribution in [0, 0.1) is 19.7 Å². The molecule has 4 aromatic rings. The summed E-state index contributed by atoms with van der Waals surface area (Å²) < 4.78 is 14.8. The molecule has 0 aliphatic heterocycles. The minimum absolute atomic E-state index is 0.0158. The van der Waals surface area contributed by atoms with Gasteiger partial charge in [-0.25, -0.2) is 9.18 Å². The van der Waals surface area contributed by atoms with Crippen LogP contribution >= 0.6 is 0 Å². The van der Waals surface area contributed by atoms with E-state index in [9.17, 15) is 9.18 Å². The van der Waals surface area contributed by atoms with Crippen LogP contribution in [0.2, 0.25) is 0 Å². The monoisotopic (exact) mass is 518 g/mol. The van der Waals surface area contributed by atoms with E-state index in [1.807, 2.05) is 17.0 Å². The fourth-order valence-electron chi connectivity index (χ4n) is 6.50. The number of aryl methyl sites for hydroxylation is 3. The van der Waals surface area contributed by atoms with Crippen molar-refractivity contribution in [1.82, 2.24) is 10.2 Å². The minimum Gasteiger partial charge on any atom is -0.334 e. The van der Waals surface area contributed by atoms with Crippen molar-refractivity contribution in [2.24, 2.45) is 0 Å². The van der Waals surface area contributed by atoms with Gasteiger partial charge in [-0.05, 0) is 84.5 Å². The standard InChI is InChI=1S/C35H35FN2O/c1-23-18-28-16-17-33(34(31(28)19-24(23)2)25-10-4-3-5-11-25)37-35(39)38(22-29-14-8-9-15-32(29)36)30-20-26-12-6-7-13-27(26)21-30/h3-15,18-19,30,33-34H,16-17,20-22H2,1-2H3,(H,37,39). The van der Waals surface area contributed by atoms with E-state index in [0.29, 0.717) is 5.56 Å². The Morgan fingerprint density at radius 3 is 2.21 bits per heavy atom. The van der Waals surface area contributed by atoms with E-state index in [1.165, 1.54) is 45.0 Å². The molecule has 0 heterocycles. The van der Waals surface area contributed by atoms with Gasteiger partial charge in [0.25, 0.3) is 0 Å². The van der Waals surface area contributed by atoms with Crippen molar-refractivity contribution in [3.8, 4) is 0 Å². The van der Waals surface area contributed by atoms with E-state index in [1.54, 1.807) is 12.1 Å². The number of fused-ring (bicyclic) bond motifs is 2. The van der Waals surface area contributed by atoms with Gasteiger partial charge in [-0.3, -0.25) is 0 Å². The number of nitrogens with one attached hydrogen (secondary N) is 1. The van der Waals surface area contributed by atoms with Crippen molar-refractivity contribution in [2.45, 2.75) is 64.1 Å². The van der Waals surface area contributed by atoms with Crippen LogP contribution in [0.5, 0.6) is 0 Å². The molecule has 0 saturated heterocycles. The number of carbonyl (C=O) groups excluding carboxylic acids is 1. The zero-order valence-corrected chi connectivity index (χ0v) is 22.7. The van der Waals surface area contributed by atoms with Crippen LogP contribution in [-0.4, -0.2) is 23.0 Å². The average Bonchev–Trinajstić information content (AvgIpc) is 3.38. The van der Waals surface area contributed by atoms with Gasteiger partial charge in [0.1, 0.15) is 5.82 Å². The van der Waals surface area contributed by atoms with Gasteiger partial charge in [0.05, 0.1) is 6.54 Å². The second-order valence-corrected chi connectivity index (χ2v) is 11.2. The lowest BCUT2D eigenvalue weighted by Crippen LogP contribution is -2.51. The summed E-state index contributed by atoms with van der Waals surface area (Å²) in [4.78, 5) is 16.0. The van der Waals surface area contributed by atoms with Crippen LogP contribution in [-0.2, 0) is 25.8 Å². The molecular weight excluding hydrogens is 483 g/mol. The number of benzene rings is 4.